The minimum absolute atomic E-state index is 0.0128. The number of carbonyl (C=O) groups excluding carboxylic acids is 1. The molecule has 2 N–H and O–H groups in total. The van der Waals surface area contributed by atoms with Gasteiger partial charge in [0.1, 0.15) is 6.33 Å². The maximum atomic E-state index is 12.7. The van der Waals surface area contributed by atoms with Crippen molar-refractivity contribution >= 4 is 22.9 Å². The molecule has 9 heteroatoms. The SMILES string of the molecule is NC/C(=C\F)Cn1ncn(Cc2ccc(C#CN3C(=O)CCc4ccccc43)s2)c1=O. The Morgan fingerprint density at radius 2 is 2.06 bits per heavy atom. The van der Waals surface area contributed by atoms with Crippen LogP contribution in [0.4, 0.5) is 10.1 Å². The van der Waals surface area contributed by atoms with Crippen LogP contribution in [-0.4, -0.2) is 26.8 Å². The fourth-order valence-corrected chi connectivity index (χ4v) is 4.14. The fraction of sp³-hybridized carbons (Fsp3) is 0.227. The Morgan fingerprint density at radius 3 is 2.87 bits per heavy atom. The molecule has 1 aromatic carbocycles. The number of rotatable bonds is 5. The molecule has 0 fully saturated rings. The summed E-state index contributed by atoms with van der Waals surface area (Å²) in [7, 11) is 0. The number of carbonyl (C=O) groups is 1. The van der Waals surface area contributed by atoms with Gasteiger partial charge in [-0.15, -0.1) is 11.3 Å². The molecule has 0 saturated carbocycles. The number of aromatic nitrogens is 3. The summed E-state index contributed by atoms with van der Waals surface area (Å²) < 4.78 is 15.3. The van der Waals surface area contributed by atoms with E-state index in [1.807, 2.05) is 36.4 Å². The summed E-state index contributed by atoms with van der Waals surface area (Å²) in [5.41, 5.74) is 7.33. The summed E-state index contributed by atoms with van der Waals surface area (Å²) in [5.74, 6) is 3.04. The number of benzene rings is 1. The summed E-state index contributed by atoms with van der Waals surface area (Å²) in [6, 6.07) is 14.5. The van der Waals surface area contributed by atoms with Crippen LogP contribution in [0.2, 0.25) is 0 Å². The molecule has 1 amide bonds. The van der Waals surface area contributed by atoms with Gasteiger partial charge in [0.15, 0.2) is 0 Å². The van der Waals surface area contributed by atoms with E-state index in [1.54, 1.807) is 0 Å². The smallest absolute Gasteiger partial charge is 0.327 e. The first kappa shape index (κ1) is 20.8. The van der Waals surface area contributed by atoms with Gasteiger partial charge in [-0.1, -0.05) is 18.2 Å². The van der Waals surface area contributed by atoms with E-state index in [4.69, 9.17) is 5.73 Å². The first-order valence-corrected chi connectivity index (χ1v) is 10.5. The normalized spacial score (nSPS) is 13.7. The lowest BCUT2D eigenvalue weighted by atomic mass is 10.0. The summed E-state index contributed by atoms with van der Waals surface area (Å²) in [6.45, 7) is 0.367. The molecule has 0 spiro atoms. The molecular weight excluding hydrogens is 417 g/mol. The van der Waals surface area contributed by atoms with Crippen LogP contribution in [0.1, 0.15) is 21.7 Å². The van der Waals surface area contributed by atoms with E-state index in [2.05, 4.69) is 17.1 Å². The molecule has 0 bridgehead atoms. The Hall–Kier alpha value is -3.48. The number of para-hydroxylation sites is 1. The van der Waals surface area contributed by atoms with Crippen molar-refractivity contribution in [2.75, 3.05) is 11.4 Å². The molecule has 158 valence electrons. The first-order chi connectivity index (χ1) is 15.1. The van der Waals surface area contributed by atoms with Crippen LogP contribution in [0.25, 0.3) is 0 Å². The van der Waals surface area contributed by atoms with Crippen molar-refractivity contribution in [3.8, 4) is 12.0 Å². The zero-order valence-electron chi connectivity index (χ0n) is 16.6. The number of nitrogens with two attached hydrogens (primary N) is 1. The van der Waals surface area contributed by atoms with E-state index in [0.717, 1.165) is 27.4 Å². The summed E-state index contributed by atoms with van der Waals surface area (Å²) in [5, 5.41) is 4.02. The number of anilines is 1. The Bertz CT molecular complexity index is 1260. The van der Waals surface area contributed by atoms with Gasteiger partial charge in [-0.3, -0.25) is 9.36 Å². The van der Waals surface area contributed by atoms with Crippen molar-refractivity contribution in [3.63, 3.8) is 0 Å². The third kappa shape index (κ3) is 4.50. The van der Waals surface area contributed by atoms with E-state index < -0.39 is 0 Å². The highest BCUT2D eigenvalue weighted by Gasteiger charge is 2.22. The molecule has 3 heterocycles. The van der Waals surface area contributed by atoms with Gasteiger partial charge in [-0.2, -0.15) is 5.10 Å². The highest BCUT2D eigenvalue weighted by Crippen LogP contribution is 2.27. The Kier molecular flexibility index (Phi) is 6.11. The number of aryl methyl sites for hydroxylation is 1. The maximum Gasteiger partial charge on any atom is 0.346 e. The molecule has 4 rings (SSSR count). The molecule has 1 aliphatic rings. The molecule has 31 heavy (non-hydrogen) atoms. The standard InChI is InChI=1S/C22H20FN5O2S/c23-11-16(12-24)13-28-22(30)26(15-25-28)14-19-7-6-18(31-19)9-10-27-20-4-2-1-3-17(20)5-8-21(27)29/h1-4,6-7,11,15H,5,8,12-14,24H2/b16-11+. The predicted octanol–water partition coefficient (Wildman–Crippen LogP) is 2.26. The first-order valence-electron chi connectivity index (χ1n) is 9.70. The van der Waals surface area contributed by atoms with Gasteiger partial charge in [0.05, 0.1) is 30.0 Å². The van der Waals surface area contributed by atoms with Crippen LogP contribution in [0.5, 0.6) is 0 Å². The molecule has 1 aliphatic heterocycles. The van der Waals surface area contributed by atoms with Gasteiger partial charge in [0.2, 0.25) is 5.91 Å². The van der Waals surface area contributed by atoms with E-state index in [1.165, 1.54) is 31.8 Å². The molecule has 0 aliphatic carbocycles. The van der Waals surface area contributed by atoms with Crippen LogP contribution in [0, 0.1) is 12.0 Å². The number of nitrogens with zero attached hydrogens (tertiary/aromatic N) is 4. The van der Waals surface area contributed by atoms with Crippen molar-refractivity contribution in [2.45, 2.75) is 25.9 Å². The fourth-order valence-electron chi connectivity index (χ4n) is 3.28. The van der Waals surface area contributed by atoms with E-state index in [-0.39, 0.29) is 30.3 Å². The highest BCUT2D eigenvalue weighted by atomic mass is 32.1. The second-order valence-corrected chi connectivity index (χ2v) is 8.20. The third-order valence-electron chi connectivity index (χ3n) is 4.94. The average Bonchev–Trinajstić information content (AvgIpc) is 3.38. The van der Waals surface area contributed by atoms with E-state index in [9.17, 15) is 14.0 Å². The summed E-state index contributed by atoms with van der Waals surface area (Å²) in [6.07, 6.45) is 2.99. The number of fused-ring (bicyclic) bond motifs is 1. The molecule has 3 aromatic rings. The van der Waals surface area contributed by atoms with Gasteiger partial charge in [-0.05, 0) is 41.7 Å². The molecular formula is C22H20FN5O2S. The second-order valence-electron chi connectivity index (χ2n) is 7.03. The summed E-state index contributed by atoms with van der Waals surface area (Å²) >= 11 is 1.44. The number of hydrogen-bond acceptors (Lipinski definition) is 5. The van der Waals surface area contributed by atoms with Crippen molar-refractivity contribution in [1.29, 1.82) is 0 Å². The predicted molar refractivity (Wildman–Crippen MR) is 117 cm³/mol. The van der Waals surface area contributed by atoms with Crippen LogP contribution in [0.15, 0.2) is 59.4 Å². The monoisotopic (exact) mass is 437 g/mol. The topological polar surface area (TPSA) is 86.2 Å². The van der Waals surface area contributed by atoms with Gasteiger partial charge in [0.25, 0.3) is 0 Å². The van der Waals surface area contributed by atoms with Gasteiger partial charge in [0, 0.05) is 23.9 Å². The van der Waals surface area contributed by atoms with Crippen molar-refractivity contribution < 1.29 is 9.18 Å². The van der Waals surface area contributed by atoms with Crippen LogP contribution in [-0.2, 0) is 24.3 Å². The third-order valence-corrected chi connectivity index (χ3v) is 5.92. The van der Waals surface area contributed by atoms with E-state index in [0.29, 0.717) is 19.3 Å². The molecule has 0 atom stereocenters. The quantitative estimate of drug-likeness (QED) is 0.621. The van der Waals surface area contributed by atoms with Gasteiger partial charge < -0.3 is 5.73 Å². The molecule has 0 radical (unpaired) electrons. The lowest BCUT2D eigenvalue weighted by molar-refractivity contribution is -0.118. The molecule has 0 saturated heterocycles. The van der Waals surface area contributed by atoms with Gasteiger partial charge in [-0.25, -0.2) is 18.8 Å². The number of hydrogen-bond donors (Lipinski definition) is 1. The molecule has 2 aromatic heterocycles. The number of halogens is 1. The minimum atomic E-state index is -0.343. The van der Waals surface area contributed by atoms with Crippen molar-refractivity contribution in [2.24, 2.45) is 5.73 Å². The summed E-state index contributed by atoms with van der Waals surface area (Å²) in [4.78, 5) is 28.0. The van der Waals surface area contributed by atoms with Gasteiger partial charge >= 0.3 is 5.69 Å². The van der Waals surface area contributed by atoms with Crippen molar-refractivity contribution in [3.05, 3.63) is 80.4 Å². The van der Waals surface area contributed by atoms with E-state index >= 15 is 0 Å². The zero-order valence-corrected chi connectivity index (χ0v) is 17.4. The number of amides is 1. The second kappa shape index (κ2) is 9.12. The zero-order chi connectivity index (χ0) is 21.8. The largest absolute Gasteiger partial charge is 0.346 e. The van der Waals surface area contributed by atoms with Crippen LogP contribution >= 0.6 is 11.3 Å². The Labute approximate surface area is 182 Å². The van der Waals surface area contributed by atoms with Crippen LogP contribution < -0.4 is 16.3 Å². The minimum Gasteiger partial charge on any atom is -0.327 e. The molecule has 7 nitrogen and oxygen atoms in total. The Morgan fingerprint density at radius 1 is 1.23 bits per heavy atom. The lowest BCUT2D eigenvalue weighted by Crippen LogP contribution is -2.30. The van der Waals surface area contributed by atoms with Crippen molar-refractivity contribution in [1.82, 2.24) is 14.3 Å². The maximum absolute atomic E-state index is 12.7. The molecule has 0 unspecified atom stereocenters. The lowest BCUT2D eigenvalue weighted by Gasteiger charge is -2.23. The highest BCUT2D eigenvalue weighted by molar-refractivity contribution is 7.12. The van der Waals surface area contributed by atoms with Crippen LogP contribution in [0.3, 0.4) is 0 Å². The number of thiophene rings is 1. The Balaban J connectivity index is 1.49. The average molecular weight is 438 g/mol.